The summed E-state index contributed by atoms with van der Waals surface area (Å²) in [5.41, 5.74) is 0.861. The minimum Gasteiger partial charge on any atom is -0.471 e. The van der Waals surface area contributed by atoms with Gasteiger partial charge in [0.05, 0.1) is 12.1 Å². The number of nitrogens with one attached hydrogen (secondary N) is 2. The number of aromatic nitrogens is 1. The molecule has 1 aromatic heterocycles. The number of pyridine rings is 1. The summed E-state index contributed by atoms with van der Waals surface area (Å²) in [5.74, 6) is -2.70. The van der Waals surface area contributed by atoms with Gasteiger partial charge in [-0.05, 0) is 44.2 Å². The molecule has 1 spiro atoms. The van der Waals surface area contributed by atoms with Crippen molar-refractivity contribution in [3.63, 3.8) is 0 Å². The van der Waals surface area contributed by atoms with Gasteiger partial charge in [0.25, 0.3) is 0 Å². The first-order valence-electron chi connectivity index (χ1n) is 11.0. The molecular weight excluding hydrogens is 420 g/mol. The monoisotopic (exact) mass is 453 g/mol. The third-order valence-corrected chi connectivity index (χ3v) is 6.06. The Hall–Kier alpha value is -2.10. The van der Waals surface area contributed by atoms with Crippen LogP contribution in [0.5, 0.6) is 5.88 Å². The maximum absolute atomic E-state index is 13.5. The number of halogens is 2. The molecule has 9 heteroatoms. The van der Waals surface area contributed by atoms with E-state index in [1.165, 1.54) is 13.3 Å². The number of hydrogen-bond acceptors (Lipinski definition) is 6. The first kappa shape index (κ1) is 24.5. The van der Waals surface area contributed by atoms with E-state index in [2.05, 4.69) is 22.2 Å². The van der Waals surface area contributed by atoms with Crippen LogP contribution in [0.15, 0.2) is 24.9 Å². The summed E-state index contributed by atoms with van der Waals surface area (Å²) in [6.45, 7) is 4.67. The second kappa shape index (κ2) is 10.2. The summed E-state index contributed by atoms with van der Waals surface area (Å²) in [6.07, 6.45) is 5.75. The number of amides is 1. The molecule has 1 saturated carbocycles. The van der Waals surface area contributed by atoms with Gasteiger partial charge in [-0.15, -0.1) is 6.58 Å². The van der Waals surface area contributed by atoms with Crippen LogP contribution in [0.1, 0.15) is 56.2 Å². The summed E-state index contributed by atoms with van der Waals surface area (Å²) in [4.78, 5) is 16.2. The lowest BCUT2D eigenvalue weighted by Crippen LogP contribution is -2.52. The molecule has 0 bridgehead atoms. The molecule has 1 aliphatic heterocycles. The van der Waals surface area contributed by atoms with E-state index in [0.717, 1.165) is 31.7 Å². The van der Waals surface area contributed by atoms with Crippen LogP contribution >= 0.6 is 0 Å². The molecule has 2 aliphatic rings. The van der Waals surface area contributed by atoms with Crippen molar-refractivity contribution in [3.8, 4) is 5.88 Å². The number of hydrogen-bond donors (Lipinski definition) is 3. The normalized spacial score (nSPS) is 21.1. The fourth-order valence-electron chi connectivity index (χ4n) is 4.37. The minimum atomic E-state index is -2.84. The largest absolute Gasteiger partial charge is 0.471 e. The van der Waals surface area contributed by atoms with E-state index in [-0.39, 0.29) is 30.7 Å². The van der Waals surface area contributed by atoms with Crippen molar-refractivity contribution in [2.45, 2.75) is 75.2 Å². The maximum Gasteiger partial charge on any atom is 0.249 e. The smallest absolute Gasteiger partial charge is 0.249 e. The molecule has 1 amide bonds. The second-order valence-electron chi connectivity index (χ2n) is 8.99. The van der Waals surface area contributed by atoms with Gasteiger partial charge in [-0.25, -0.2) is 13.8 Å². The van der Waals surface area contributed by atoms with Gasteiger partial charge in [0.2, 0.25) is 17.7 Å². The minimum absolute atomic E-state index is 0.0971. The first-order valence-corrected chi connectivity index (χ1v) is 11.0. The predicted molar refractivity (Wildman–Crippen MR) is 116 cm³/mol. The molecule has 1 aliphatic carbocycles. The van der Waals surface area contributed by atoms with Crippen LogP contribution in [-0.4, -0.2) is 59.9 Å². The first-order chi connectivity index (χ1) is 15.1. The highest BCUT2D eigenvalue weighted by atomic mass is 19.3. The fourth-order valence-corrected chi connectivity index (χ4v) is 4.37. The number of alkyl halides is 2. The number of methoxy groups -OCH3 is 1. The van der Waals surface area contributed by atoms with Gasteiger partial charge in [-0.1, -0.05) is 6.08 Å². The number of carbonyl (C=O) groups is 1. The number of carbonyl (C=O) groups excluding carboxylic acids is 1. The average Bonchev–Trinajstić information content (AvgIpc) is 2.69. The van der Waals surface area contributed by atoms with Gasteiger partial charge in [-0.2, -0.15) is 0 Å². The van der Waals surface area contributed by atoms with E-state index in [0.29, 0.717) is 24.3 Å². The van der Waals surface area contributed by atoms with E-state index in [4.69, 9.17) is 9.47 Å². The number of nitrogens with zero attached hydrogens (tertiary/aromatic N) is 1. The van der Waals surface area contributed by atoms with Crippen LogP contribution in [-0.2, 0) is 16.0 Å². The Bertz CT molecular complexity index is 811. The molecule has 0 saturated heterocycles. The molecule has 1 aromatic rings. The van der Waals surface area contributed by atoms with Crippen molar-refractivity contribution < 1.29 is 28.2 Å². The Balaban J connectivity index is 1.73. The van der Waals surface area contributed by atoms with Gasteiger partial charge >= 0.3 is 0 Å². The van der Waals surface area contributed by atoms with E-state index >= 15 is 0 Å². The zero-order valence-electron chi connectivity index (χ0n) is 18.7. The summed E-state index contributed by atoms with van der Waals surface area (Å²) in [6, 6.07) is 0.991. The van der Waals surface area contributed by atoms with Crippen molar-refractivity contribution in [1.29, 1.82) is 0 Å². The predicted octanol–water partition coefficient (Wildman–Crippen LogP) is 2.68. The summed E-state index contributed by atoms with van der Waals surface area (Å²) >= 11 is 0. The Morgan fingerprint density at radius 1 is 1.53 bits per heavy atom. The zero-order chi connectivity index (χ0) is 23.4. The molecule has 0 aromatic carbocycles. The van der Waals surface area contributed by atoms with E-state index in [1.807, 2.05) is 0 Å². The van der Waals surface area contributed by atoms with Crippen LogP contribution in [0.25, 0.3) is 0 Å². The average molecular weight is 454 g/mol. The van der Waals surface area contributed by atoms with Crippen LogP contribution in [0.2, 0.25) is 0 Å². The molecule has 178 valence electrons. The topological polar surface area (TPSA) is 92.7 Å². The Morgan fingerprint density at radius 3 is 2.88 bits per heavy atom. The highest BCUT2D eigenvalue weighted by Gasteiger charge is 2.46. The number of aliphatic hydroxyl groups excluding tert-OH is 1. The highest BCUT2D eigenvalue weighted by Crippen LogP contribution is 2.48. The molecule has 3 N–H and O–H groups in total. The highest BCUT2D eigenvalue weighted by molar-refractivity contribution is 5.77. The summed E-state index contributed by atoms with van der Waals surface area (Å²) in [5, 5.41) is 16.8. The molecule has 32 heavy (non-hydrogen) atoms. The lowest BCUT2D eigenvalue weighted by atomic mass is 9.73. The molecule has 2 heterocycles. The third kappa shape index (κ3) is 6.24. The Morgan fingerprint density at radius 2 is 2.28 bits per heavy atom. The van der Waals surface area contributed by atoms with E-state index in [9.17, 15) is 18.7 Å². The van der Waals surface area contributed by atoms with Crippen molar-refractivity contribution in [1.82, 2.24) is 15.6 Å². The van der Waals surface area contributed by atoms with Gasteiger partial charge < -0.3 is 25.2 Å². The maximum atomic E-state index is 13.5. The van der Waals surface area contributed by atoms with Gasteiger partial charge in [-0.3, -0.25) is 4.79 Å². The third-order valence-electron chi connectivity index (χ3n) is 6.06. The fraction of sp³-hybridized carbons (Fsp3) is 0.652. The lowest BCUT2D eigenvalue weighted by Gasteiger charge is -2.47. The van der Waals surface area contributed by atoms with Crippen LogP contribution in [0.3, 0.4) is 0 Å². The van der Waals surface area contributed by atoms with E-state index < -0.39 is 24.5 Å². The second-order valence-corrected chi connectivity index (χ2v) is 8.99. The SMILES string of the molecule is C=CC[C@H](NC(=O)COC)[C@H](O)CN[C@H]1CC2(CCC2)Oc2ncc(CC(C)(F)F)cc21. The summed E-state index contributed by atoms with van der Waals surface area (Å²) in [7, 11) is 1.43. The number of fused-ring (bicyclic) bond motifs is 1. The van der Waals surface area contributed by atoms with E-state index in [1.54, 1.807) is 12.1 Å². The van der Waals surface area contributed by atoms with Gasteiger partial charge in [0.1, 0.15) is 12.2 Å². The number of rotatable bonds is 11. The number of ether oxygens (including phenoxy) is 2. The quantitative estimate of drug-likeness (QED) is 0.446. The van der Waals surface area contributed by atoms with Crippen molar-refractivity contribution in [3.05, 3.63) is 36.0 Å². The molecule has 0 unspecified atom stereocenters. The van der Waals surface area contributed by atoms with Gasteiger partial charge in [0, 0.05) is 44.3 Å². The Labute approximate surface area is 187 Å². The molecule has 1 fully saturated rings. The molecular formula is C23H33F2N3O4. The standard InChI is InChI=1S/C23H33F2N3O4/c1-4-6-17(28-20(30)14-31-3)19(29)13-26-18-11-23(7-5-8-23)32-21-16(18)9-15(12-27-21)10-22(2,24)25/h4,9,12,17-19,26,29H,1,5-8,10-11,13-14H2,2-3H3,(H,28,30)/t17-,18-,19+/m0/s1. The lowest BCUT2D eigenvalue weighted by molar-refractivity contribution is -0.126. The van der Waals surface area contributed by atoms with Crippen molar-refractivity contribution in [2.24, 2.45) is 0 Å². The van der Waals surface area contributed by atoms with Crippen LogP contribution < -0.4 is 15.4 Å². The molecule has 3 rings (SSSR count). The van der Waals surface area contributed by atoms with Crippen molar-refractivity contribution in [2.75, 3.05) is 20.3 Å². The summed E-state index contributed by atoms with van der Waals surface area (Å²) < 4.78 is 38.1. The molecule has 7 nitrogen and oxygen atoms in total. The van der Waals surface area contributed by atoms with Crippen LogP contribution in [0.4, 0.5) is 8.78 Å². The zero-order valence-corrected chi connectivity index (χ0v) is 18.7. The Kier molecular flexibility index (Phi) is 7.84. The van der Waals surface area contributed by atoms with Crippen LogP contribution in [0, 0.1) is 0 Å². The van der Waals surface area contributed by atoms with Crippen molar-refractivity contribution >= 4 is 5.91 Å². The van der Waals surface area contributed by atoms with Gasteiger partial charge in [0.15, 0.2) is 0 Å². The molecule has 3 atom stereocenters. The molecule has 0 radical (unpaired) electrons. The number of aliphatic hydroxyl groups is 1.